The molecule has 8 heteroatoms. The first-order chi connectivity index (χ1) is 14.0. The molecule has 146 valence electrons. The summed E-state index contributed by atoms with van der Waals surface area (Å²) >= 11 is 1.31. The molecule has 0 atom stereocenters. The maximum atomic E-state index is 13.0. The van der Waals surface area contributed by atoms with E-state index in [-0.39, 0.29) is 17.5 Å². The SMILES string of the molecule is Cc1ccc(-n2ncc3c(SCC(=O)Nc4ccc(F)cc4)ncnc32)c(C)c1. The number of carbonyl (C=O) groups is 1. The van der Waals surface area contributed by atoms with Crippen molar-refractivity contribution < 1.29 is 9.18 Å². The molecule has 4 aromatic rings. The third-order valence-electron chi connectivity index (χ3n) is 4.38. The molecular weight excluding hydrogens is 389 g/mol. The van der Waals surface area contributed by atoms with Gasteiger partial charge < -0.3 is 5.32 Å². The zero-order valence-corrected chi connectivity index (χ0v) is 16.7. The van der Waals surface area contributed by atoms with Crippen molar-refractivity contribution in [2.75, 3.05) is 11.1 Å². The molecule has 6 nitrogen and oxygen atoms in total. The zero-order valence-electron chi connectivity index (χ0n) is 15.9. The van der Waals surface area contributed by atoms with Crippen molar-refractivity contribution in [3.05, 3.63) is 71.9 Å². The first-order valence-corrected chi connectivity index (χ1v) is 9.94. The minimum Gasteiger partial charge on any atom is -0.325 e. The lowest BCUT2D eigenvalue weighted by molar-refractivity contribution is -0.113. The molecule has 2 heterocycles. The lowest BCUT2D eigenvalue weighted by atomic mass is 10.1. The highest BCUT2D eigenvalue weighted by molar-refractivity contribution is 8.00. The van der Waals surface area contributed by atoms with Gasteiger partial charge in [-0.3, -0.25) is 4.79 Å². The van der Waals surface area contributed by atoms with Crippen molar-refractivity contribution in [1.82, 2.24) is 19.7 Å². The van der Waals surface area contributed by atoms with Crippen LogP contribution in [0.2, 0.25) is 0 Å². The highest BCUT2D eigenvalue weighted by atomic mass is 32.2. The number of hydrogen-bond donors (Lipinski definition) is 1. The van der Waals surface area contributed by atoms with Gasteiger partial charge in [0.25, 0.3) is 0 Å². The van der Waals surface area contributed by atoms with Crippen LogP contribution in [0.4, 0.5) is 10.1 Å². The summed E-state index contributed by atoms with van der Waals surface area (Å²) in [5.74, 6) is -0.380. The van der Waals surface area contributed by atoms with E-state index in [1.165, 1.54) is 47.9 Å². The number of rotatable bonds is 5. The largest absolute Gasteiger partial charge is 0.325 e. The van der Waals surface area contributed by atoms with E-state index in [2.05, 4.69) is 26.4 Å². The van der Waals surface area contributed by atoms with Gasteiger partial charge in [0.2, 0.25) is 5.91 Å². The zero-order chi connectivity index (χ0) is 20.4. The number of carbonyl (C=O) groups excluding carboxylic acids is 1. The molecule has 0 fully saturated rings. The first-order valence-electron chi connectivity index (χ1n) is 8.96. The summed E-state index contributed by atoms with van der Waals surface area (Å²) in [6, 6.07) is 11.8. The summed E-state index contributed by atoms with van der Waals surface area (Å²) in [6.45, 7) is 4.08. The standard InChI is InChI=1S/C21H18FN5OS/c1-13-3-8-18(14(2)9-13)27-20-17(10-25-27)21(24-12-23-20)29-11-19(28)26-16-6-4-15(22)5-7-16/h3-10,12H,11H2,1-2H3,(H,26,28). The summed E-state index contributed by atoms with van der Waals surface area (Å²) in [7, 11) is 0. The van der Waals surface area contributed by atoms with Crippen LogP contribution in [0.1, 0.15) is 11.1 Å². The second kappa shape index (κ2) is 8.00. The van der Waals surface area contributed by atoms with Gasteiger partial charge in [0.05, 0.1) is 23.0 Å². The van der Waals surface area contributed by atoms with Gasteiger partial charge in [0.1, 0.15) is 17.2 Å². The van der Waals surface area contributed by atoms with Crippen molar-refractivity contribution in [1.29, 1.82) is 0 Å². The quantitative estimate of drug-likeness (QED) is 0.394. The predicted molar refractivity (Wildman–Crippen MR) is 112 cm³/mol. The molecule has 0 unspecified atom stereocenters. The second-order valence-electron chi connectivity index (χ2n) is 6.61. The Morgan fingerprint density at radius 3 is 2.69 bits per heavy atom. The van der Waals surface area contributed by atoms with Crippen molar-refractivity contribution in [3.8, 4) is 5.69 Å². The number of anilines is 1. The maximum absolute atomic E-state index is 13.0. The lowest BCUT2D eigenvalue weighted by Crippen LogP contribution is -2.14. The number of halogens is 1. The summed E-state index contributed by atoms with van der Waals surface area (Å²) in [6.07, 6.45) is 3.19. The molecule has 2 aromatic carbocycles. The summed E-state index contributed by atoms with van der Waals surface area (Å²) < 4.78 is 14.8. The Balaban J connectivity index is 1.53. The number of nitrogens with zero attached hydrogens (tertiary/aromatic N) is 4. The van der Waals surface area contributed by atoms with Crippen LogP contribution in [0.15, 0.2) is 60.0 Å². The average Bonchev–Trinajstić information content (AvgIpc) is 3.13. The summed E-state index contributed by atoms with van der Waals surface area (Å²) in [5, 5.41) is 8.69. The molecule has 29 heavy (non-hydrogen) atoms. The molecule has 0 saturated heterocycles. The van der Waals surface area contributed by atoms with Crippen LogP contribution < -0.4 is 5.32 Å². The smallest absolute Gasteiger partial charge is 0.234 e. The lowest BCUT2D eigenvalue weighted by Gasteiger charge is -2.08. The number of amides is 1. The van der Waals surface area contributed by atoms with E-state index in [1.807, 2.05) is 26.0 Å². The van der Waals surface area contributed by atoms with Gasteiger partial charge in [-0.1, -0.05) is 29.5 Å². The van der Waals surface area contributed by atoms with Crippen molar-refractivity contribution in [2.24, 2.45) is 0 Å². The molecular formula is C21H18FN5OS. The van der Waals surface area contributed by atoms with Crippen LogP contribution >= 0.6 is 11.8 Å². The van der Waals surface area contributed by atoms with Crippen molar-refractivity contribution >= 4 is 34.4 Å². The minimum absolute atomic E-state index is 0.165. The van der Waals surface area contributed by atoms with Gasteiger partial charge in [0.15, 0.2) is 5.65 Å². The van der Waals surface area contributed by atoms with Gasteiger partial charge in [-0.2, -0.15) is 5.10 Å². The Morgan fingerprint density at radius 2 is 1.93 bits per heavy atom. The topological polar surface area (TPSA) is 72.7 Å². The number of aromatic nitrogens is 4. The van der Waals surface area contributed by atoms with E-state index in [9.17, 15) is 9.18 Å². The Labute approximate surface area is 171 Å². The van der Waals surface area contributed by atoms with E-state index >= 15 is 0 Å². The van der Waals surface area contributed by atoms with Gasteiger partial charge >= 0.3 is 0 Å². The highest BCUT2D eigenvalue weighted by Crippen LogP contribution is 2.27. The van der Waals surface area contributed by atoms with E-state index in [0.29, 0.717) is 16.4 Å². The van der Waals surface area contributed by atoms with E-state index in [0.717, 1.165) is 16.6 Å². The molecule has 0 bridgehead atoms. The monoisotopic (exact) mass is 407 g/mol. The molecule has 1 N–H and O–H groups in total. The normalized spacial score (nSPS) is 11.0. The predicted octanol–water partition coefficient (Wildman–Crippen LogP) is 4.30. The summed E-state index contributed by atoms with van der Waals surface area (Å²) in [5.41, 5.74) is 4.47. The van der Waals surface area contributed by atoms with Crippen LogP contribution in [0.3, 0.4) is 0 Å². The second-order valence-corrected chi connectivity index (χ2v) is 7.57. The highest BCUT2D eigenvalue weighted by Gasteiger charge is 2.14. The third-order valence-corrected chi connectivity index (χ3v) is 5.38. The molecule has 1 amide bonds. The Hall–Kier alpha value is -3.26. The van der Waals surface area contributed by atoms with Gasteiger partial charge in [0, 0.05) is 5.69 Å². The fourth-order valence-corrected chi connectivity index (χ4v) is 3.78. The van der Waals surface area contributed by atoms with Crippen LogP contribution in [-0.4, -0.2) is 31.4 Å². The van der Waals surface area contributed by atoms with Crippen LogP contribution in [0.5, 0.6) is 0 Å². The van der Waals surface area contributed by atoms with Gasteiger partial charge in [-0.15, -0.1) is 0 Å². The molecule has 4 rings (SSSR count). The molecule has 0 radical (unpaired) electrons. The van der Waals surface area contributed by atoms with Gasteiger partial charge in [-0.05, 0) is 49.7 Å². The van der Waals surface area contributed by atoms with E-state index in [4.69, 9.17) is 0 Å². The molecule has 0 saturated carbocycles. The van der Waals surface area contributed by atoms with E-state index in [1.54, 1.807) is 10.9 Å². The van der Waals surface area contributed by atoms with Crippen molar-refractivity contribution in [2.45, 2.75) is 18.9 Å². The number of thioether (sulfide) groups is 1. The average molecular weight is 407 g/mol. The first kappa shape index (κ1) is 19.1. The number of nitrogens with one attached hydrogen (secondary N) is 1. The van der Waals surface area contributed by atoms with E-state index < -0.39 is 0 Å². The van der Waals surface area contributed by atoms with Crippen LogP contribution in [0.25, 0.3) is 16.7 Å². The number of benzene rings is 2. The molecule has 0 aliphatic heterocycles. The number of aryl methyl sites for hydroxylation is 2. The molecule has 0 aliphatic rings. The number of fused-ring (bicyclic) bond motifs is 1. The van der Waals surface area contributed by atoms with Crippen LogP contribution in [0, 0.1) is 19.7 Å². The number of hydrogen-bond acceptors (Lipinski definition) is 5. The fourth-order valence-electron chi connectivity index (χ4n) is 3.02. The Kier molecular flexibility index (Phi) is 5.26. The molecule has 0 aliphatic carbocycles. The Morgan fingerprint density at radius 1 is 1.14 bits per heavy atom. The van der Waals surface area contributed by atoms with Gasteiger partial charge in [-0.25, -0.2) is 19.0 Å². The fraction of sp³-hybridized carbons (Fsp3) is 0.143. The molecule has 0 spiro atoms. The molecule has 2 aromatic heterocycles. The Bertz CT molecular complexity index is 1190. The third kappa shape index (κ3) is 4.12. The van der Waals surface area contributed by atoms with Crippen molar-refractivity contribution in [3.63, 3.8) is 0 Å². The van der Waals surface area contributed by atoms with Crippen LogP contribution in [-0.2, 0) is 4.79 Å². The minimum atomic E-state index is -0.346. The summed E-state index contributed by atoms with van der Waals surface area (Å²) in [4.78, 5) is 20.9. The maximum Gasteiger partial charge on any atom is 0.234 e.